The minimum Gasteiger partial charge on any atom is -0.300 e. The first-order valence-corrected chi connectivity index (χ1v) is 7.03. The number of rotatable bonds is 5. The number of Topliss-reactive ketones (excluding diaryl/α,β-unsaturated/α-hetero) is 1. The lowest BCUT2D eigenvalue weighted by Crippen LogP contribution is -2.51. The summed E-state index contributed by atoms with van der Waals surface area (Å²) >= 11 is 0. The minimum atomic E-state index is -0.286. The molecule has 2 nitrogen and oxygen atoms in total. The summed E-state index contributed by atoms with van der Waals surface area (Å²) in [5.74, 6) is 0.657. The molecule has 2 heterocycles. The lowest BCUT2D eigenvalue weighted by Gasteiger charge is -2.46. The number of hydrogen-bond acceptors (Lipinski definition) is 2. The molecule has 2 fully saturated rings. The van der Waals surface area contributed by atoms with Gasteiger partial charge in [0.2, 0.25) is 0 Å². The highest BCUT2D eigenvalue weighted by Crippen LogP contribution is 2.36. The van der Waals surface area contributed by atoms with Crippen LogP contribution in [0.3, 0.4) is 0 Å². The first-order chi connectivity index (χ1) is 8.22. The molecule has 2 atom stereocenters. The molecule has 0 aliphatic carbocycles. The van der Waals surface area contributed by atoms with Gasteiger partial charge >= 0.3 is 0 Å². The number of unbranched alkanes of at least 4 members (excludes halogenated alkanes) is 1. The minimum absolute atomic E-state index is 0.265. The van der Waals surface area contributed by atoms with Gasteiger partial charge in [0.1, 0.15) is 5.78 Å². The van der Waals surface area contributed by atoms with Crippen LogP contribution in [0.25, 0.3) is 0 Å². The fraction of sp³-hybridized carbons (Fsp3) is 0.929. The zero-order valence-electron chi connectivity index (χ0n) is 10.8. The molecule has 0 amide bonds. The number of nitrogens with zero attached hydrogens (tertiary/aromatic N) is 1. The molecule has 0 aromatic heterocycles. The molecule has 98 valence electrons. The van der Waals surface area contributed by atoms with Gasteiger partial charge in [0, 0.05) is 24.4 Å². The Balaban J connectivity index is 1.84. The van der Waals surface area contributed by atoms with Crippen LogP contribution in [0.2, 0.25) is 0 Å². The molecule has 0 radical (unpaired) electrons. The van der Waals surface area contributed by atoms with Gasteiger partial charge in [-0.1, -0.05) is 6.42 Å². The second kappa shape index (κ2) is 5.94. The molecule has 2 rings (SSSR count). The van der Waals surface area contributed by atoms with Gasteiger partial charge in [-0.25, -0.2) is 0 Å². The molecule has 0 saturated carbocycles. The Labute approximate surface area is 104 Å². The Hall–Kier alpha value is -0.440. The fourth-order valence-corrected chi connectivity index (χ4v) is 3.48. The summed E-state index contributed by atoms with van der Waals surface area (Å²) in [5.41, 5.74) is 0. The van der Waals surface area contributed by atoms with Crippen molar-refractivity contribution in [3.05, 3.63) is 0 Å². The van der Waals surface area contributed by atoms with Gasteiger partial charge < -0.3 is 4.90 Å². The maximum absolute atomic E-state index is 12.1. The second-order valence-corrected chi connectivity index (χ2v) is 5.68. The quantitative estimate of drug-likeness (QED) is 0.690. The van der Waals surface area contributed by atoms with Gasteiger partial charge in [0.05, 0.1) is 6.67 Å². The molecule has 2 saturated heterocycles. The van der Waals surface area contributed by atoms with Crippen LogP contribution in [0.15, 0.2) is 0 Å². The molecule has 0 aromatic rings. The van der Waals surface area contributed by atoms with Crippen molar-refractivity contribution in [3.63, 3.8) is 0 Å². The lowest BCUT2D eigenvalue weighted by molar-refractivity contribution is -0.126. The number of hydrogen-bond donors (Lipinski definition) is 0. The molecule has 2 bridgehead atoms. The predicted octanol–water partition coefficient (Wildman–Crippen LogP) is 2.96. The topological polar surface area (TPSA) is 20.3 Å². The first kappa shape index (κ1) is 13.0. The Morgan fingerprint density at radius 3 is 2.47 bits per heavy atom. The Kier molecular flexibility index (Phi) is 4.55. The summed E-state index contributed by atoms with van der Waals surface area (Å²) in [6.07, 6.45) is 7.79. The second-order valence-electron chi connectivity index (χ2n) is 5.68. The Morgan fingerprint density at radius 1 is 1.24 bits per heavy atom. The third kappa shape index (κ3) is 3.06. The largest absolute Gasteiger partial charge is 0.300 e. The van der Waals surface area contributed by atoms with E-state index >= 15 is 0 Å². The fourth-order valence-electron chi connectivity index (χ4n) is 3.48. The highest BCUT2D eigenvalue weighted by Gasteiger charge is 2.38. The van der Waals surface area contributed by atoms with Crippen molar-refractivity contribution in [2.24, 2.45) is 5.92 Å². The van der Waals surface area contributed by atoms with E-state index in [1.54, 1.807) is 0 Å². The highest BCUT2D eigenvalue weighted by atomic mass is 19.1. The van der Waals surface area contributed by atoms with E-state index in [0.29, 0.717) is 30.7 Å². The van der Waals surface area contributed by atoms with Crippen LogP contribution in [0.4, 0.5) is 4.39 Å². The summed E-state index contributed by atoms with van der Waals surface area (Å²) in [6.45, 7) is -0.286. The van der Waals surface area contributed by atoms with Crippen molar-refractivity contribution in [2.45, 2.75) is 63.5 Å². The molecule has 0 N–H and O–H groups in total. The standard InChI is InChI=1S/C14H24FNO/c1-16-12-5-4-6-13(16)10-11(9-12)14(17)7-2-3-8-15/h11-13H,2-10H2,1H3. The SMILES string of the molecule is CN1C2CCCC1CC(C(=O)CCCCF)C2. The predicted molar refractivity (Wildman–Crippen MR) is 66.7 cm³/mol. The van der Waals surface area contributed by atoms with Crippen LogP contribution in [0.1, 0.15) is 51.4 Å². The van der Waals surface area contributed by atoms with Crippen LogP contribution >= 0.6 is 0 Å². The zero-order valence-corrected chi connectivity index (χ0v) is 10.8. The van der Waals surface area contributed by atoms with Gasteiger partial charge in [-0.05, 0) is 45.6 Å². The number of carbonyl (C=O) groups excluding carboxylic acids is 1. The van der Waals surface area contributed by atoms with Crippen molar-refractivity contribution >= 4 is 5.78 Å². The van der Waals surface area contributed by atoms with Crippen LogP contribution < -0.4 is 0 Å². The highest BCUT2D eigenvalue weighted by molar-refractivity contribution is 5.81. The molecular weight excluding hydrogens is 217 g/mol. The van der Waals surface area contributed by atoms with E-state index in [-0.39, 0.29) is 12.6 Å². The van der Waals surface area contributed by atoms with Gasteiger partial charge in [-0.3, -0.25) is 9.18 Å². The van der Waals surface area contributed by atoms with Crippen molar-refractivity contribution in [2.75, 3.05) is 13.7 Å². The third-order valence-corrected chi connectivity index (χ3v) is 4.60. The smallest absolute Gasteiger partial charge is 0.136 e. The van der Waals surface area contributed by atoms with Crippen molar-refractivity contribution in [1.82, 2.24) is 4.90 Å². The van der Waals surface area contributed by atoms with Crippen molar-refractivity contribution in [3.8, 4) is 0 Å². The maximum Gasteiger partial charge on any atom is 0.136 e. The molecule has 17 heavy (non-hydrogen) atoms. The molecule has 3 heteroatoms. The maximum atomic E-state index is 12.1. The average molecular weight is 241 g/mol. The number of piperidine rings is 2. The first-order valence-electron chi connectivity index (χ1n) is 7.03. The summed E-state index contributed by atoms with van der Waals surface area (Å²) in [5, 5.41) is 0. The monoisotopic (exact) mass is 241 g/mol. The Morgan fingerprint density at radius 2 is 1.88 bits per heavy atom. The van der Waals surface area contributed by atoms with Crippen LogP contribution in [0.5, 0.6) is 0 Å². The van der Waals surface area contributed by atoms with E-state index in [1.165, 1.54) is 19.3 Å². The molecule has 0 spiro atoms. The number of alkyl halides is 1. The van der Waals surface area contributed by atoms with Crippen LogP contribution in [-0.2, 0) is 4.79 Å². The van der Waals surface area contributed by atoms with Crippen LogP contribution in [-0.4, -0.2) is 36.5 Å². The third-order valence-electron chi connectivity index (χ3n) is 4.60. The number of carbonyl (C=O) groups is 1. The van der Waals surface area contributed by atoms with Gasteiger partial charge in [-0.2, -0.15) is 0 Å². The summed E-state index contributed by atoms with van der Waals surface area (Å²) in [4.78, 5) is 14.6. The molecule has 2 aliphatic heterocycles. The average Bonchev–Trinajstić information content (AvgIpc) is 2.28. The number of fused-ring (bicyclic) bond motifs is 2. The molecule has 0 aromatic carbocycles. The molecular formula is C14H24FNO. The van der Waals surface area contributed by atoms with E-state index in [1.807, 2.05) is 0 Å². The van der Waals surface area contributed by atoms with Gasteiger partial charge in [-0.15, -0.1) is 0 Å². The van der Waals surface area contributed by atoms with E-state index in [0.717, 1.165) is 19.3 Å². The van der Waals surface area contributed by atoms with E-state index in [4.69, 9.17) is 0 Å². The van der Waals surface area contributed by atoms with E-state index < -0.39 is 0 Å². The molecule has 2 aliphatic rings. The molecule has 2 unspecified atom stereocenters. The summed E-state index contributed by atoms with van der Waals surface area (Å²) < 4.78 is 12.0. The number of halogens is 1. The van der Waals surface area contributed by atoms with E-state index in [9.17, 15) is 9.18 Å². The zero-order chi connectivity index (χ0) is 12.3. The van der Waals surface area contributed by atoms with Crippen molar-refractivity contribution in [1.29, 1.82) is 0 Å². The van der Waals surface area contributed by atoms with Crippen LogP contribution in [0, 0.1) is 5.92 Å². The van der Waals surface area contributed by atoms with Crippen molar-refractivity contribution < 1.29 is 9.18 Å². The lowest BCUT2D eigenvalue weighted by atomic mass is 9.76. The summed E-state index contributed by atoms with van der Waals surface area (Å²) in [7, 11) is 2.21. The van der Waals surface area contributed by atoms with E-state index in [2.05, 4.69) is 11.9 Å². The van der Waals surface area contributed by atoms with Gasteiger partial charge in [0.15, 0.2) is 0 Å². The van der Waals surface area contributed by atoms with Gasteiger partial charge in [0.25, 0.3) is 0 Å². The Bertz CT molecular complexity index is 255. The summed E-state index contributed by atoms with van der Waals surface area (Å²) in [6, 6.07) is 1.25. The normalized spacial score (nSPS) is 33.6. The number of ketones is 1.